The number of rotatable bonds is 1. The van der Waals surface area contributed by atoms with Crippen LogP contribution in [-0.4, -0.2) is 6.04 Å². The summed E-state index contributed by atoms with van der Waals surface area (Å²) in [6, 6.07) is 0.317. The summed E-state index contributed by atoms with van der Waals surface area (Å²) in [6.45, 7) is 10.9. The summed E-state index contributed by atoms with van der Waals surface area (Å²) in [7, 11) is 0. The monoisotopic (exact) mass is 129 g/mol. The fourth-order valence-corrected chi connectivity index (χ4v) is 1.00. The van der Waals surface area contributed by atoms with Gasteiger partial charge in [0.15, 0.2) is 0 Å². The van der Waals surface area contributed by atoms with E-state index in [0.717, 1.165) is 0 Å². The van der Waals surface area contributed by atoms with E-state index in [1.54, 1.807) is 0 Å². The van der Waals surface area contributed by atoms with Crippen LogP contribution >= 0.6 is 0 Å². The van der Waals surface area contributed by atoms with Crippen LogP contribution in [0.4, 0.5) is 0 Å². The predicted molar refractivity (Wildman–Crippen MR) is 42.3 cm³/mol. The van der Waals surface area contributed by atoms with Crippen LogP contribution in [0.5, 0.6) is 0 Å². The largest absolute Gasteiger partial charge is 0.327 e. The van der Waals surface area contributed by atoms with Crippen LogP contribution in [0, 0.1) is 11.3 Å². The van der Waals surface area contributed by atoms with Gasteiger partial charge in [-0.2, -0.15) is 0 Å². The maximum Gasteiger partial charge on any atom is 0.0111 e. The Morgan fingerprint density at radius 3 is 1.44 bits per heavy atom. The van der Waals surface area contributed by atoms with Crippen LogP contribution in [0.15, 0.2) is 0 Å². The Morgan fingerprint density at radius 2 is 1.44 bits per heavy atom. The van der Waals surface area contributed by atoms with Crippen molar-refractivity contribution in [1.29, 1.82) is 0 Å². The topological polar surface area (TPSA) is 26.0 Å². The van der Waals surface area contributed by atoms with Crippen LogP contribution in [0.1, 0.15) is 34.6 Å². The average molecular weight is 129 g/mol. The van der Waals surface area contributed by atoms with E-state index < -0.39 is 0 Å². The summed E-state index contributed by atoms with van der Waals surface area (Å²) in [5.41, 5.74) is 6.15. The van der Waals surface area contributed by atoms with Gasteiger partial charge in [0.2, 0.25) is 0 Å². The molecule has 0 aliphatic heterocycles. The summed E-state index contributed by atoms with van der Waals surface area (Å²) in [6.07, 6.45) is 0. The minimum Gasteiger partial charge on any atom is -0.327 e. The van der Waals surface area contributed by atoms with E-state index in [4.69, 9.17) is 5.73 Å². The minimum absolute atomic E-state index is 0.258. The number of nitrogens with two attached hydrogens (primary N) is 1. The zero-order chi connectivity index (χ0) is 7.65. The van der Waals surface area contributed by atoms with Crippen LogP contribution < -0.4 is 5.73 Å². The smallest absolute Gasteiger partial charge is 0.0111 e. The average Bonchev–Trinajstić information content (AvgIpc) is 1.62. The van der Waals surface area contributed by atoms with Gasteiger partial charge < -0.3 is 5.73 Å². The highest BCUT2D eigenvalue weighted by Gasteiger charge is 2.22. The standard InChI is InChI=1S/C8H19N/c1-6(2)7(9)8(3,4)5/h6-7H,9H2,1-5H3/t7-/m0/s1. The molecule has 56 valence electrons. The summed E-state index contributed by atoms with van der Waals surface area (Å²) in [5.74, 6) is 0.588. The molecular weight excluding hydrogens is 110 g/mol. The third-order valence-corrected chi connectivity index (χ3v) is 1.72. The Bertz CT molecular complexity index is 79.1. The van der Waals surface area contributed by atoms with Gasteiger partial charge in [0.25, 0.3) is 0 Å². The van der Waals surface area contributed by atoms with Crippen LogP contribution in [0.2, 0.25) is 0 Å². The van der Waals surface area contributed by atoms with Crippen LogP contribution in [0.3, 0.4) is 0 Å². The highest BCUT2D eigenvalue weighted by Crippen LogP contribution is 2.22. The maximum absolute atomic E-state index is 5.89. The second kappa shape index (κ2) is 2.70. The molecule has 0 radical (unpaired) electrons. The van der Waals surface area contributed by atoms with Crippen molar-refractivity contribution in [2.75, 3.05) is 0 Å². The van der Waals surface area contributed by atoms with E-state index in [-0.39, 0.29) is 5.41 Å². The molecule has 2 N–H and O–H groups in total. The molecule has 0 aliphatic carbocycles. The van der Waals surface area contributed by atoms with Gasteiger partial charge in [-0.25, -0.2) is 0 Å². The minimum atomic E-state index is 0.258. The lowest BCUT2D eigenvalue weighted by molar-refractivity contribution is 0.260. The number of hydrogen-bond donors (Lipinski definition) is 1. The summed E-state index contributed by atoms with van der Waals surface area (Å²) < 4.78 is 0. The quantitative estimate of drug-likeness (QED) is 0.576. The first-order valence-electron chi connectivity index (χ1n) is 3.61. The zero-order valence-corrected chi connectivity index (χ0v) is 7.23. The molecule has 0 saturated carbocycles. The van der Waals surface area contributed by atoms with Gasteiger partial charge in [0, 0.05) is 6.04 Å². The number of hydrogen-bond acceptors (Lipinski definition) is 1. The normalized spacial score (nSPS) is 16.3. The molecule has 0 aliphatic rings. The summed E-state index contributed by atoms with van der Waals surface area (Å²) in [4.78, 5) is 0. The molecule has 0 unspecified atom stereocenters. The van der Waals surface area contributed by atoms with E-state index in [0.29, 0.717) is 12.0 Å². The molecule has 0 fully saturated rings. The lowest BCUT2D eigenvalue weighted by Crippen LogP contribution is -2.39. The van der Waals surface area contributed by atoms with Gasteiger partial charge in [-0.15, -0.1) is 0 Å². The summed E-state index contributed by atoms with van der Waals surface area (Å²) >= 11 is 0. The van der Waals surface area contributed by atoms with Gasteiger partial charge in [-0.3, -0.25) is 0 Å². The van der Waals surface area contributed by atoms with Gasteiger partial charge in [0.05, 0.1) is 0 Å². The van der Waals surface area contributed by atoms with E-state index >= 15 is 0 Å². The van der Waals surface area contributed by atoms with Crippen molar-refractivity contribution in [2.24, 2.45) is 17.1 Å². The van der Waals surface area contributed by atoms with Gasteiger partial charge >= 0.3 is 0 Å². The van der Waals surface area contributed by atoms with Crippen molar-refractivity contribution in [3.63, 3.8) is 0 Å². The van der Waals surface area contributed by atoms with Gasteiger partial charge in [0.1, 0.15) is 0 Å². The van der Waals surface area contributed by atoms with Crippen molar-refractivity contribution in [3.8, 4) is 0 Å². The molecule has 0 bridgehead atoms. The third kappa shape index (κ3) is 2.85. The first-order valence-corrected chi connectivity index (χ1v) is 3.61. The molecule has 0 rings (SSSR count). The molecule has 1 heteroatoms. The second-order valence-corrected chi connectivity index (χ2v) is 4.14. The van der Waals surface area contributed by atoms with Crippen molar-refractivity contribution in [1.82, 2.24) is 0 Å². The molecule has 0 spiro atoms. The highest BCUT2D eigenvalue weighted by molar-refractivity contribution is 4.78. The van der Waals surface area contributed by atoms with Gasteiger partial charge in [-0.1, -0.05) is 34.6 Å². The molecule has 0 saturated heterocycles. The second-order valence-electron chi connectivity index (χ2n) is 4.14. The Labute approximate surface area is 58.6 Å². The van der Waals surface area contributed by atoms with Crippen LogP contribution in [-0.2, 0) is 0 Å². The SMILES string of the molecule is CC(C)[C@H](N)C(C)(C)C. The van der Waals surface area contributed by atoms with Crippen molar-refractivity contribution < 1.29 is 0 Å². The zero-order valence-electron chi connectivity index (χ0n) is 7.23. The molecule has 0 heterocycles. The molecule has 1 nitrogen and oxygen atoms in total. The third-order valence-electron chi connectivity index (χ3n) is 1.72. The predicted octanol–water partition coefficient (Wildman–Crippen LogP) is 2.02. The Balaban J connectivity index is 3.88. The first kappa shape index (κ1) is 8.96. The molecule has 0 aromatic rings. The van der Waals surface area contributed by atoms with Gasteiger partial charge in [-0.05, 0) is 11.3 Å². The summed E-state index contributed by atoms with van der Waals surface area (Å²) in [5, 5.41) is 0. The molecule has 0 aromatic heterocycles. The molecule has 1 atom stereocenters. The highest BCUT2D eigenvalue weighted by atomic mass is 14.7. The Morgan fingerprint density at radius 1 is 1.11 bits per heavy atom. The van der Waals surface area contributed by atoms with Crippen molar-refractivity contribution in [3.05, 3.63) is 0 Å². The fourth-order valence-electron chi connectivity index (χ4n) is 1.00. The van der Waals surface area contributed by atoms with E-state index in [2.05, 4.69) is 34.6 Å². The lowest BCUT2D eigenvalue weighted by atomic mass is 9.81. The van der Waals surface area contributed by atoms with E-state index in [1.807, 2.05) is 0 Å². The molecule has 0 amide bonds. The Hall–Kier alpha value is -0.0400. The fraction of sp³-hybridized carbons (Fsp3) is 1.00. The molecule has 9 heavy (non-hydrogen) atoms. The maximum atomic E-state index is 5.89. The Kier molecular flexibility index (Phi) is 2.68. The first-order chi connectivity index (χ1) is 3.85. The van der Waals surface area contributed by atoms with E-state index in [1.165, 1.54) is 0 Å². The van der Waals surface area contributed by atoms with Crippen molar-refractivity contribution in [2.45, 2.75) is 40.7 Å². The van der Waals surface area contributed by atoms with Crippen LogP contribution in [0.25, 0.3) is 0 Å². The lowest BCUT2D eigenvalue weighted by Gasteiger charge is -2.30. The van der Waals surface area contributed by atoms with Crippen molar-refractivity contribution >= 4 is 0 Å². The molecular formula is C8H19N. The van der Waals surface area contributed by atoms with E-state index in [9.17, 15) is 0 Å². The molecule has 0 aromatic carbocycles.